The highest BCUT2D eigenvalue weighted by atomic mass is 35.5. The van der Waals surface area contributed by atoms with E-state index in [0.29, 0.717) is 11.8 Å². The number of fused-ring (bicyclic) bond motifs is 1. The number of hydrogen-bond donors (Lipinski definition) is 1. The summed E-state index contributed by atoms with van der Waals surface area (Å²) in [7, 11) is 3.76. The third-order valence-electron chi connectivity index (χ3n) is 5.05. The van der Waals surface area contributed by atoms with Gasteiger partial charge in [-0.25, -0.2) is 0 Å². The molecule has 0 aliphatic heterocycles. The molecular formula is C20H28ClNO2. The molecule has 4 heteroatoms. The maximum absolute atomic E-state index is 5.63. The summed E-state index contributed by atoms with van der Waals surface area (Å²) in [4.78, 5) is 0. The number of aryl methyl sites for hydroxylation is 1. The average Bonchev–Trinajstić information content (AvgIpc) is 3.12. The van der Waals surface area contributed by atoms with Crippen molar-refractivity contribution < 1.29 is 9.15 Å². The van der Waals surface area contributed by atoms with E-state index in [1.807, 2.05) is 13.1 Å². The van der Waals surface area contributed by atoms with Crippen LogP contribution in [-0.2, 0) is 6.42 Å². The molecule has 0 spiro atoms. The van der Waals surface area contributed by atoms with Gasteiger partial charge in [0, 0.05) is 12.5 Å². The van der Waals surface area contributed by atoms with Crippen LogP contribution in [0.25, 0.3) is 0 Å². The van der Waals surface area contributed by atoms with E-state index in [0.717, 1.165) is 24.5 Å². The van der Waals surface area contributed by atoms with E-state index in [4.69, 9.17) is 9.15 Å². The number of rotatable bonds is 7. The lowest BCUT2D eigenvalue weighted by Gasteiger charge is -2.27. The Kier molecular flexibility index (Phi) is 7.19. The summed E-state index contributed by atoms with van der Waals surface area (Å²) in [6, 6.07) is 10.7. The topological polar surface area (TPSA) is 34.4 Å². The molecule has 2 unspecified atom stereocenters. The molecule has 1 aliphatic rings. The molecule has 2 atom stereocenters. The van der Waals surface area contributed by atoms with Gasteiger partial charge in [-0.15, -0.1) is 12.4 Å². The minimum absolute atomic E-state index is 0. The molecule has 0 bridgehead atoms. The molecule has 132 valence electrons. The maximum Gasteiger partial charge on any atom is 0.119 e. The van der Waals surface area contributed by atoms with Crippen LogP contribution < -0.4 is 10.1 Å². The van der Waals surface area contributed by atoms with Gasteiger partial charge in [0.05, 0.1) is 13.4 Å². The third kappa shape index (κ3) is 4.34. The highest BCUT2D eigenvalue weighted by Gasteiger charge is 2.23. The fourth-order valence-corrected chi connectivity index (χ4v) is 3.84. The van der Waals surface area contributed by atoms with Crippen LogP contribution in [0.2, 0.25) is 0 Å². The number of likely N-dealkylation sites (N-methyl/N-ethyl adjacent to an activating group) is 1. The molecule has 1 aromatic carbocycles. The fraction of sp³-hybridized carbons (Fsp3) is 0.500. The highest BCUT2D eigenvalue weighted by molar-refractivity contribution is 5.85. The summed E-state index contributed by atoms with van der Waals surface area (Å²) in [5.41, 5.74) is 3.00. The first-order chi connectivity index (χ1) is 11.3. The molecule has 0 amide bonds. The molecule has 3 nitrogen and oxygen atoms in total. The Morgan fingerprint density at radius 3 is 2.92 bits per heavy atom. The number of furan rings is 1. The molecule has 0 radical (unpaired) electrons. The number of hydrogen-bond acceptors (Lipinski definition) is 3. The Hall–Kier alpha value is -1.45. The van der Waals surface area contributed by atoms with E-state index in [9.17, 15) is 0 Å². The molecule has 0 fully saturated rings. The van der Waals surface area contributed by atoms with Crippen LogP contribution >= 0.6 is 12.4 Å². The van der Waals surface area contributed by atoms with Crippen molar-refractivity contribution in [3.8, 4) is 5.75 Å². The summed E-state index contributed by atoms with van der Waals surface area (Å²) in [6.45, 7) is 0.968. The van der Waals surface area contributed by atoms with E-state index >= 15 is 0 Å². The lowest BCUT2D eigenvalue weighted by molar-refractivity contribution is 0.402. The van der Waals surface area contributed by atoms with E-state index in [1.54, 1.807) is 13.4 Å². The Balaban J connectivity index is 0.00000208. The maximum atomic E-state index is 5.63. The number of methoxy groups -OCH3 is 1. The number of halogens is 1. The average molecular weight is 350 g/mol. The zero-order chi connectivity index (χ0) is 16.1. The normalized spacial score (nSPS) is 17.7. The molecule has 0 saturated heterocycles. The van der Waals surface area contributed by atoms with Gasteiger partial charge in [0.25, 0.3) is 0 Å². The number of ether oxygens (including phenoxy) is 1. The Bertz CT molecular complexity index is 612. The smallest absolute Gasteiger partial charge is 0.119 e. The first-order valence-corrected chi connectivity index (χ1v) is 8.66. The van der Waals surface area contributed by atoms with Crippen LogP contribution in [0, 0.1) is 0 Å². The van der Waals surface area contributed by atoms with Gasteiger partial charge in [-0.1, -0.05) is 6.07 Å². The predicted molar refractivity (Wildman–Crippen MR) is 101 cm³/mol. The Labute approximate surface area is 151 Å². The van der Waals surface area contributed by atoms with Crippen molar-refractivity contribution in [2.45, 2.75) is 43.9 Å². The first kappa shape index (κ1) is 18.9. The monoisotopic (exact) mass is 349 g/mol. The van der Waals surface area contributed by atoms with Crippen LogP contribution in [-0.4, -0.2) is 20.7 Å². The second kappa shape index (κ2) is 9.14. The van der Waals surface area contributed by atoms with Crippen molar-refractivity contribution in [2.24, 2.45) is 0 Å². The minimum Gasteiger partial charge on any atom is -0.497 e. The molecule has 2 aromatic rings. The van der Waals surface area contributed by atoms with E-state index < -0.39 is 0 Å². The van der Waals surface area contributed by atoms with Crippen LogP contribution in [0.15, 0.2) is 41.0 Å². The Morgan fingerprint density at radius 2 is 2.21 bits per heavy atom. The van der Waals surface area contributed by atoms with E-state index in [2.05, 4.69) is 29.6 Å². The predicted octanol–water partition coefficient (Wildman–Crippen LogP) is 4.91. The van der Waals surface area contributed by atoms with Crippen molar-refractivity contribution in [2.75, 3.05) is 20.7 Å². The zero-order valence-corrected chi connectivity index (χ0v) is 15.4. The van der Waals surface area contributed by atoms with E-state index in [1.165, 1.54) is 36.8 Å². The highest BCUT2D eigenvalue weighted by Crippen LogP contribution is 2.38. The fourth-order valence-electron chi connectivity index (χ4n) is 3.84. The van der Waals surface area contributed by atoms with Crippen molar-refractivity contribution >= 4 is 12.4 Å². The summed E-state index contributed by atoms with van der Waals surface area (Å²) in [5.74, 6) is 3.20. The van der Waals surface area contributed by atoms with Gasteiger partial charge in [0.2, 0.25) is 0 Å². The lowest BCUT2D eigenvalue weighted by atomic mass is 9.79. The van der Waals surface area contributed by atoms with Gasteiger partial charge in [0.1, 0.15) is 11.5 Å². The molecule has 1 aliphatic carbocycles. The molecule has 1 aromatic heterocycles. The first-order valence-electron chi connectivity index (χ1n) is 8.66. The summed E-state index contributed by atoms with van der Waals surface area (Å²) in [6.07, 6.45) is 7.91. The van der Waals surface area contributed by atoms with Gasteiger partial charge in [0.15, 0.2) is 0 Å². The second-order valence-corrected chi connectivity index (χ2v) is 6.50. The SMILES string of the molecule is CNCC(CCC1CCCc2cc(OC)ccc21)c1ccco1.Cl. The van der Waals surface area contributed by atoms with Crippen molar-refractivity contribution in [1.29, 1.82) is 0 Å². The van der Waals surface area contributed by atoms with E-state index in [-0.39, 0.29) is 12.4 Å². The summed E-state index contributed by atoms with van der Waals surface area (Å²) in [5, 5.41) is 3.30. The molecule has 1 N–H and O–H groups in total. The zero-order valence-electron chi connectivity index (χ0n) is 14.6. The summed E-state index contributed by atoms with van der Waals surface area (Å²) >= 11 is 0. The van der Waals surface area contributed by atoms with Crippen LogP contribution in [0.3, 0.4) is 0 Å². The Morgan fingerprint density at radius 1 is 1.33 bits per heavy atom. The van der Waals surface area contributed by atoms with Crippen molar-refractivity contribution in [1.82, 2.24) is 5.32 Å². The van der Waals surface area contributed by atoms with Crippen LogP contribution in [0.4, 0.5) is 0 Å². The molecular weight excluding hydrogens is 322 g/mol. The minimum atomic E-state index is 0. The van der Waals surface area contributed by atoms with Gasteiger partial charge < -0.3 is 14.5 Å². The van der Waals surface area contributed by atoms with Crippen LogP contribution in [0.1, 0.15) is 54.4 Å². The lowest BCUT2D eigenvalue weighted by Crippen LogP contribution is -2.18. The molecule has 0 saturated carbocycles. The van der Waals surface area contributed by atoms with Gasteiger partial charge in [-0.05, 0) is 80.5 Å². The molecule has 3 rings (SSSR count). The van der Waals surface area contributed by atoms with Gasteiger partial charge in [-0.3, -0.25) is 0 Å². The third-order valence-corrected chi connectivity index (χ3v) is 5.05. The molecule has 24 heavy (non-hydrogen) atoms. The van der Waals surface area contributed by atoms with Crippen LogP contribution in [0.5, 0.6) is 5.75 Å². The van der Waals surface area contributed by atoms with Crippen molar-refractivity contribution in [3.63, 3.8) is 0 Å². The second-order valence-electron chi connectivity index (χ2n) is 6.50. The van der Waals surface area contributed by atoms with Gasteiger partial charge >= 0.3 is 0 Å². The van der Waals surface area contributed by atoms with Gasteiger partial charge in [-0.2, -0.15) is 0 Å². The quantitative estimate of drug-likeness (QED) is 0.770. The molecule has 1 heterocycles. The summed E-state index contributed by atoms with van der Waals surface area (Å²) < 4.78 is 11.0. The standard InChI is InChI=1S/C20H27NO2.ClH/c1-21-14-17(20-7-4-12-23-20)9-8-15-5-3-6-16-13-18(22-2)10-11-19(15)16;/h4,7,10-13,15,17,21H,3,5-6,8-9,14H2,1-2H3;1H. The number of nitrogens with one attached hydrogen (secondary N) is 1. The van der Waals surface area contributed by atoms with Crippen molar-refractivity contribution in [3.05, 3.63) is 53.5 Å². The largest absolute Gasteiger partial charge is 0.497 e. The number of benzene rings is 1.